The smallest absolute Gasteiger partial charge is 0.255 e. The Hall–Kier alpha value is -2.56. The molecule has 0 bridgehead atoms. The minimum Gasteiger partial charge on any atom is -0.478 e. The van der Waals surface area contributed by atoms with E-state index in [-0.39, 0.29) is 5.91 Å². The van der Waals surface area contributed by atoms with Crippen LogP contribution in [0, 0.1) is 0 Å². The predicted molar refractivity (Wildman–Crippen MR) is 83.4 cm³/mol. The first kappa shape index (κ1) is 14.8. The van der Waals surface area contributed by atoms with Crippen LogP contribution >= 0.6 is 0 Å². The molecule has 0 radical (unpaired) electrons. The van der Waals surface area contributed by atoms with Gasteiger partial charge in [0.2, 0.25) is 5.88 Å². The van der Waals surface area contributed by atoms with Crippen molar-refractivity contribution in [1.82, 2.24) is 4.98 Å². The van der Waals surface area contributed by atoms with Crippen molar-refractivity contribution in [3.05, 3.63) is 48.2 Å². The van der Waals surface area contributed by atoms with Gasteiger partial charge in [-0.3, -0.25) is 4.79 Å². The third-order valence-electron chi connectivity index (χ3n) is 2.91. The fourth-order valence-electron chi connectivity index (χ4n) is 1.70. The van der Waals surface area contributed by atoms with Crippen molar-refractivity contribution >= 4 is 17.3 Å². The fourth-order valence-corrected chi connectivity index (χ4v) is 1.70. The zero-order chi connectivity index (χ0) is 15.1. The third-order valence-corrected chi connectivity index (χ3v) is 2.91. The number of nitrogens with zero attached hydrogens (tertiary/aromatic N) is 1. The number of unbranched alkanes of at least 4 members (excludes halogenated alkanes) is 1. The van der Waals surface area contributed by atoms with E-state index in [0.29, 0.717) is 29.4 Å². The van der Waals surface area contributed by atoms with E-state index in [9.17, 15) is 4.79 Å². The monoisotopic (exact) mass is 285 g/mol. The van der Waals surface area contributed by atoms with Crippen molar-refractivity contribution in [2.75, 3.05) is 17.7 Å². The zero-order valence-electron chi connectivity index (χ0n) is 12.0. The molecule has 0 spiro atoms. The summed E-state index contributed by atoms with van der Waals surface area (Å²) >= 11 is 0. The number of benzene rings is 1. The Kier molecular flexibility index (Phi) is 5.15. The van der Waals surface area contributed by atoms with Crippen LogP contribution in [0.2, 0.25) is 0 Å². The molecular weight excluding hydrogens is 266 g/mol. The van der Waals surface area contributed by atoms with E-state index >= 15 is 0 Å². The van der Waals surface area contributed by atoms with Crippen LogP contribution < -0.4 is 15.8 Å². The molecule has 0 saturated heterocycles. The van der Waals surface area contributed by atoms with Crippen LogP contribution in [0.25, 0.3) is 0 Å². The number of rotatable bonds is 6. The number of carbonyl (C=O) groups excluding carboxylic acids is 1. The van der Waals surface area contributed by atoms with Gasteiger partial charge in [-0.2, -0.15) is 0 Å². The Morgan fingerprint density at radius 1 is 1.24 bits per heavy atom. The number of aromatic nitrogens is 1. The fraction of sp³-hybridized carbons (Fsp3) is 0.250. The van der Waals surface area contributed by atoms with E-state index in [1.165, 1.54) is 0 Å². The Balaban J connectivity index is 1.93. The lowest BCUT2D eigenvalue weighted by molar-refractivity contribution is 0.102. The molecule has 2 rings (SSSR count). The predicted octanol–water partition coefficient (Wildman–Crippen LogP) is 3.10. The Morgan fingerprint density at radius 3 is 2.62 bits per heavy atom. The maximum Gasteiger partial charge on any atom is 0.255 e. The first-order chi connectivity index (χ1) is 10.2. The van der Waals surface area contributed by atoms with E-state index in [1.807, 2.05) is 0 Å². The second-order valence-corrected chi connectivity index (χ2v) is 4.66. The number of pyridine rings is 1. The zero-order valence-corrected chi connectivity index (χ0v) is 12.0. The molecule has 110 valence electrons. The first-order valence-corrected chi connectivity index (χ1v) is 6.95. The van der Waals surface area contributed by atoms with Crippen LogP contribution in [0.1, 0.15) is 30.1 Å². The SMILES string of the molecule is CCCCOc1ccc(NC(=O)c2ccc(N)cc2)cn1. The highest BCUT2D eigenvalue weighted by Gasteiger charge is 2.06. The summed E-state index contributed by atoms with van der Waals surface area (Å²) in [5.41, 5.74) is 7.39. The number of nitrogens with one attached hydrogen (secondary N) is 1. The van der Waals surface area contributed by atoms with E-state index < -0.39 is 0 Å². The molecule has 0 fully saturated rings. The Morgan fingerprint density at radius 2 is 2.00 bits per heavy atom. The number of nitrogen functional groups attached to an aromatic ring is 1. The number of hydrogen-bond acceptors (Lipinski definition) is 4. The molecule has 0 aliphatic rings. The summed E-state index contributed by atoms with van der Waals surface area (Å²) in [5.74, 6) is 0.366. The molecule has 0 aliphatic heterocycles. The number of anilines is 2. The maximum absolute atomic E-state index is 12.0. The molecule has 0 saturated carbocycles. The second-order valence-electron chi connectivity index (χ2n) is 4.66. The van der Waals surface area contributed by atoms with Gasteiger partial charge in [0.05, 0.1) is 18.5 Å². The summed E-state index contributed by atoms with van der Waals surface area (Å²) < 4.78 is 5.47. The molecule has 3 N–H and O–H groups in total. The average Bonchev–Trinajstić information content (AvgIpc) is 2.50. The van der Waals surface area contributed by atoms with E-state index in [0.717, 1.165) is 12.8 Å². The van der Waals surface area contributed by atoms with Gasteiger partial charge in [0, 0.05) is 17.3 Å². The number of amides is 1. The molecule has 0 aliphatic carbocycles. The van der Waals surface area contributed by atoms with Crippen LogP contribution in [0.3, 0.4) is 0 Å². The first-order valence-electron chi connectivity index (χ1n) is 6.95. The Bertz CT molecular complexity index is 579. The topological polar surface area (TPSA) is 77.2 Å². The standard InChI is InChI=1S/C16H19N3O2/c1-2-3-10-21-15-9-8-14(11-18-15)19-16(20)12-4-6-13(17)7-5-12/h4-9,11H,2-3,10,17H2,1H3,(H,19,20). The lowest BCUT2D eigenvalue weighted by atomic mass is 10.2. The van der Waals surface area contributed by atoms with Gasteiger partial charge in [0.25, 0.3) is 5.91 Å². The van der Waals surface area contributed by atoms with Gasteiger partial charge in [-0.1, -0.05) is 13.3 Å². The van der Waals surface area contributed by atoms with E-state index in [1.54, 1.807) is 42.6 Å². The van der Waals surface area contributed by atoms with Crippen molar-refractivity contribution in [2.24, 2.45) is 0 Å². The highest BCUT2D eigenvalue weighted by molar-refractivity contribution is 6.04. The van der Waals surface area contributed by atoms with Crippen LogP contribution in [-0.4, -0.2) is 17.5 Å². The van der Waals surface area contributed by atoms with E-state index in [2.05, 4.69) is 17.2 Å². The average molecular weight is 285 g/mol. The number of carbonyl (C=O) groups is 1. The second kappa shape index (κ2) is 7.28. The van der Waals surface area contributed by atoms with Crippen molar-refractivity contribution < 1.29 is 9.53 Å². The van der Waals surface area contributed by atoms with Crippen LogP contribution in [0.5, 0.6) is 5.88 Å². The molecule has 21 heavy (non-hydrogen) atoms. The third kappa shape index (κ3) is 4.49. The van der Waals surface area contributed by atoms with Crippen molar-refractivity contribution in [3.8, 4) is 5.88 Å². The van der Waals surface area contributed by atoms with Crippen molar-refractivity contribution in [1.29, 1.82) is 0 Å². The molecule has 1 aromatic heterocycles. The lowest BCUT2D eigenvalue weighted by Crippen LogP contribution is -2.12. The van der Waals surface area contributed by atoms with Gasteiger partial charge in [0.1, 0.15) is 0 Å². The number of ether oxygens (including phenoxy) is 1. The maximum atomic E-state index is 12.0. The highest BCUT2D eigenvalue weighted by Crippen LogP contribution is 2.14. The molecule has 1 amide bonds. The molecule has 1 aromatic carbocycles. The largest absolute Gasteiger partial charge is 0.478 e. The van der Waals surface area contributed by atoms with Gasteiger partial charge in [-0.15, -0.1) is 0 Å². The minimum absolute atomic E-state index is 0.198. The number of nitrogens with two attached hydrogens (primary N) is 1. The lowest BCUT2D eigenvalue weighted by Gasteiger charge is -2.07. The quantitative estimate of drug-likeness (QED) is 0.631. The molecule has 2 aromatic rings. The van der Waals surface area contributed by atoms with Gasteiger partial charge >= 0.3 is 0 Å². The summed E-state index contributed by atoms with van der Waals surface area (Å²) in [6, 6.07) is 10.3. The minimum atomic E-state index is -0.198. The van der Waals surface area contributed by atoms with Crippen LogP contribution in [0.15, 0.2) is 42.6 Å². The normalized spacial score (nSPS) is 10.1. The summed E-state index contributed by atoms with van der Waals surface area (Å²) in [7, 11) is 0. The summed E-state index contributed by atoms with van der Waals surface area (Å²) in [4.78, 5) is 16.2. The summed E-state index contributed by atoms with van der Waals surface area (Å²) in [6.45, 7) is 2.76. The molecule has 5 heteroatoms. The van der Waals surface area contributed by atoms with E-state index in [4.69, 9.17) is 10.5 Å². The molecule has 5 nitrogen and oxygen atoms in total. The van der Waals surface area contributed by atoms with Gasteiger partial charge < -0.3 is 15.8 Å². The van der Waals surface area contributed by atoms with Gasteiger partial charge in [-0.25, -0.2) is 4.98 Å². The van der Waals surface area contributed by atoms with Crippen LogP contribution in [0.4, 0.5) is 11.4 Å². The molecule has 0 unspecified atom stereocenters. The Labute approximate surface area is 124 Å². The summed E-state index contributed by atoms with van der Waals surface area (Å²) in [5, 5.41) is 2.77. The van der Waals surface area contributed by atoms with Crippen molar-refractivity contribution in [3.63, 3.8) is 0 Å². The van der Waals surface area contributed by atoms with Crippen LogP contribution in [-0.2, 0) is 0 Å². The molecule has 1 heterocycles. The van der Waals surface area contributed by atoms with Crippen molar-refractivity contribution in [2.45, 2.75) is 19.8 Å². The van der Waals surface area contributed by atoms with Gasteiger partial charge in [-0.05, 0) is 36.8 Å². The molecular formula is C16H19N3O2. The molecule has 0 atom stereocenters. The summed E-state index contributed by atoms with van der Waals surface area (Å²) in [6.07, 6.45) is 3.66. The number of hydrogen-bond donors (Lipinski definition) is 2. The van der Waals surface area contributed by atoms with Gasteiger partial charge in [0.15, 0.2) is 0 Å². The highest BCUT2D eigenvalue weighted by atomic mass is 16.5.